The molecule has 0 fully saturated rings. The lowest BCUT2D eigenvalue weighted by molar-refractivity contribution is -0.154. The van der Waals surface area contributed by atoms with Crippen molar-refractivity contribution in [3.8, 4) is 0 Å². The van der Waals surface area contributed by atoms with Crippen LogP contribution < -0.4 is 0 Å². The van der Waals surface area contributed by atoms with Gasteiger partial charge in [-0.3, -0.25) is 9.59 Å². The van der Waals surface area contributed by atoms with Crippen LogP contribution in [0.25, 0.3) is 0 Å². The molecule has 0 radical (unpaired) electrons. The van der Waals surface area contributed by atoms with E-state index in [1.54, 1.807) is 0 Å². The molecule has 0 spiro atoms. The molecule has 0 aliphatic carbocycles. The van der Waals surface area contributed by atoms with Crippen molar-refractivity contribution in [3.05, 3.63) is 0 Å². The Bertz CT molecular complexity index is 239. The summed E-state index contributed by atoms with van der Waals surface area (Å²) in [6.45, 7) is 6.58. The zero-order valence-corrected chi connectivity index (χ0v) is 11.0. The number of carbonyl (C=O) groups is 2. The monoisotopic (exact) mass is 244 g/mol. The summed E-state index contributed by atoms with van der Waals surface area (Å²) in [5, 5.41) is 17.3. The molecule has 0 rings (SSSR count). The van der Waals surface area contributed by atoms with Crippen molar-refractivity contribution in [2.45, 2.75) is 59.3 Å². The van der Waals surface area contributed by atoms with Crippen LogP contribution in [0.3, 0.4) is 0 Å². The van der Waals surface area contributed by atoms with Gasteiger partial charge < -0.3 is 10.2 Å². The van der Waals surface area contributed by atoms with Crippen molar-refractivity contribution in [2.24, 2.45) is 11.3 Å². The fourth-order valence-electron chi connectivity index (χ4n) is 1.71. The third-order valence-electron chi connectivity index (χ3n) is 2.77. The van der Waals surface area contributed by atoms with E-state index in [9.17, 15) is 9.59 Å². The van der Waals surface area contributed by atoms with Crippen LogP contribution in [0.4, 0.5) is 0 Å². The van der Waals surface area contributed by atoms with Crippen molar-refractivity contribution in [1.82, 2.24) is 0 Å². The van der Waals surface area contributed by atoms with Crippen LogP contribution in [-0.4, -0.2) is 22.2 Å². The quantitative estimate of drug-likeness (QED) is 0.508. The minimum Gasteiger partial charge on any atom is -0.481 e. The summed E-state index contributed by atoms with van der Waals surface area (Å²) in [5.74, 6) is -3.70. The van der Waals surface area contributed by atoms with Crippen molar-refractivity contribution in [1.29, 1.82) is 0 Å². The van der Waals surface area contributed by atoms with E-state index in [1.165, 1.54) is 0 Å². The first-order valence-electron chi connectivity index (χ1n) is 6.19. The number of aliphatic carboxylic acids is 2. The molecule has 0 heterocycles. The predicted molar refractivity (Wildman–Crippen MR) is 65.9 cm³/mol. The van der Waals surface area contributed by atoms with Crippen molar-refractivity contribution in [2.75, 3.05) is 0 Å². The van der Waals surface area contributed by atoms with Crippen LogP contribution >= 0.6 is 0 Å². The molecule has 0 saturated heterocycles. The summed E-state index contributed by atoms with van der Waals surface area (Å²) in [4.78, 5) is 21.2. The van der Waals surface area contributed by atoms with Gasteiger partial charge in [-0.15, -0.1) is 0 Å². The maximum absolute atomic E-state index is 10.6. The highest BCUT2D eigenvalue weighted by Gasteiger charge is 2.24. The van der Waals surface area contributed by atoms with Crippen LogP contribution in [0, 0.1) is 11.3 Å². The first-order chi connectivity index (χ1) is 7.74. The molecule has 0 amide bonds. The first kappa shape index (κ1) is 15.9. The van der Waals surface area contributed by atoms with E-state index in [1.807, 2.05) is 0 Å². The molecule has 4 nitrogen and oxygen atoms in total. The largest absolute Gasteiger partial charge is 0.481 e. The fraction of sp³-hybridized carbons (Fsp3) is 0.846. The van der Waals surface area contributed by atoms with Gasteiger partial charge in [0.05, 0.1) is 0 Å². The van der Waals surface area contributed by atoms with Gasteiger partial charge in [0, 0.05) is 0 Å². The fourth-order valence-corrected chi connectivity index (χ4v) is 1.71. The smallest absolute Gasteiger partial charge is 0.317 e. The van der Waals surface area contributed by atoms with Gasteiger partial charge in [0.25, 0.3) is 0 Å². The lowest BCUT2D eigenvalue weighted by atomic mass is 9.89. The summed E-state index contributed by atoms with van der Waals surface area (Å²) in [6.07, 6.45) is 5.13. The molecule has 0 bridgehead atoms. The van der Waals surface area contributed by atoms with Gasteiger partial charge in [0.1, 0.15) is 0 Å². The SMILES string of the molecule is CC(C)(C)CCCCCCC(C(=O)O)C(=O)O. The molecule has 0 unspecified atom stereocenters. The van der Waals surface area contributed by atoms with E-state index < -0.39 is 17.9 Å². The average Bonchev–Trinajstić information content (AvgIpc) is 2.13. The van der Waals surface area contributed by atoms with E-state index in [-0.39, 0.29) is 6.42 Å². The highest BCUT2D eigenvalue weighted by molar-refractivity contribution is 5.92. The van der Waals surface area contributed by atoms with Crippen LogP contribution in [0.1, 0.15) is 59.3 Å². The molecule has 0 aromatic rings. The van der Waals surface area contributed by atoms with Crippen LogP contribution in [0.2, 0.25) is 0 Å². The normalized spacial score (nSPS) is 11.8. The number of carboxylic acids is 2. The van der Waals surface area contributed by atoms with Gasteiger partial charge in [-0.05, 0) is 18.3 Å². The summed E-state index contributed by atoms with van der Waals surface area (Å²) < 4.78 is 0. The molecular formula is C13H24O4. The molecule has 0 aliphatic heterocycles. The second kappa shape index (κ2) is 7.30. The number of carboxylic acid groups (broad SMARTS) is 2. The average molecular weight is 244 g/mol. The Morgan fingerprint density at radius 1 is 0.941 bits per heavy atom. The molecule has 17 heavy (non-hydrogen) atoms. The Labute approximate surface area is 103 Å². The lowest BCUT2D eigenvalue weighted by Gasteiger charge is -2.17. The molecular weight excluding hydrogens is 220 g/mol. The van der Waals surface area contributed by atoms with Crippen LogP contribution in [0.5, 0.6) is 0 Å². The predicted octanol–water partition coefficient (Wildman–Crippen LogP) is 3.16. The number of hydrogen-bond acceptors (Lipinski definition) is 2. The van der Waals surface area contributed by atoms with E-state index in [0.717, 1.165) is 25.7 Å². The molecule has 0 aromatic carbocycles. The minimum atomic E-state index is -1.24. The molecule has 0 saturated carbocycles. The number of hydrogen-bond donors (Lipinski definition) is 2. The summed E-state index contributed by atoms with van der Waals surface area (Å²) >= 11 is 0. The first-order valence-corrected chi connectivity index (χ1v) is 6.19. The second-order valence-electron chi connectivity index (χ2n) is 5.74. The molecule has 2 N–H and O–H groups in total. The molecule has 0 aromatic heterocycles. The summed E-state index contributed by atoms with van der Waals surface area (Å²) in [5.41, 5.74) is 0.338. The zero-order chi connectivity index (χ0) is 13.5. The Morgan fingerprint density at radius 3 is 1.82 bits per heavy atom. The molecule has 0 aliphatic rings. The highest BCUT2D eigenvalue weighted by atomic mass is 16.4. The van der Waals surface area contributed by atoms with Gasteiger partial charge in [0.15, 0.2) is 5.92 Å². The van der Waals surface area contributed by atoms with Crippen molar-refractivity contribution in [3.63, 3.8) is 0 Å². The van der Waals surface area contributed by atoms with Gasteiger partial charge in [-0.2, -0.15) is 0 Å². The Balaban J connectivity index is 3.63. The van der Waals surface area contributed by atoms with Crippen LogP contribution in [0.15, 0.2) is 0 Å². The van der Waals surface area contributed by atoms with Crippen molar-refractivity contribution < 1.29 is 19.8 Å². The second-order valence-corrected chi connectivity index (χ2v) is 5.74. The van der Waals surface area contributed by atoms with Crippen molar-refractivity contribution >= 4 is 11.9 Å². The van der Waals surface area contributed by atoms with Gasteiger partial charge in [0.2, 0.25) is 0 Å². The maximum Gasteiger partial charge on any atom is 0.317 e. The Kier molecular flexibility index (Phi) is 6.85. The van der Waals surface area contributed by atoms with Gasteiger partial charge in [-0.25, -0.2) is 0 Å². The molecule has 4 heteroatoms. The topological polar surface area (TPSA) is 74.6 Å². The molecule has 100 valence electrons. The minimum absolute atomic E-state index is 0.236. The lowest BCUT2D eigenvalue weighted by Crippen LogP contribution is -2.23. The number of unbranched alkanes of at least 4 members (excludes halogenated alkanes) is 3. The van der Waals surface area contributed by atoms with E-state index >= 15 is 0 Å². The Hall–Kier alpha value is -1.06. The Morgan fingerprint density at radius 2 is 1.41 bits per heavy atom. The standard InChI is InChI=1S/C13H24O4/c1-13(2,3)9-7-5-4-6-8-10(11(14)15)12(16)17/h10H,4-9H2,1-3H3,(H,14,15)(H,16,17). The molecule has 0 atom stereocenters. The van der Waals surface area contributed by atoms with Gasteiger partial charge in [-0.1, -0.05) is 46.5 Å². The zero-order valence-electron chi connectivity index (χ0n) is 11.0. The van der Waals surface area contributed by atoms with Gasteiger partial charge >= 0.3 is 11.9 Å². The van der Waals surface area contributed by atoms with E-state index in [0.29, 0.717) is 11.8 Å². The summed E-state index contributed by atoms with van der Waals surface area (Å²) in [6, 6.07) is 0. The number of rotatable bonds is 8. The highest BCUT2D eigenvalue weighted by Crippen LogP contribution is 2.22. The summed E-state index contributed by atoms with van der Waals surface area (Å²) in [7, 11) is 0. The van der Waals surface area contributed by atoms with E-state index in [2.05, 4.69) is 20.8 Å². The van der Waals surface area contributed by atoms with E-state index in [4.69, 9.17) is 10.2 Å². The van der Waals surface area contributed by atoms with Crippen LogP contribution in [-0.2, 0) is 9.59 Å². The third-order valence-corrected chi connectivity index (χ3v) is 2.77. The third kappa shape index (κ3) is 8.72. The maximum atomic E-state index is 10.6.